The molecule has 6 rings (SSSR count). The quantitative estimate of drug-likeness (QED) is 0.258. The van der Waals surface area contributed by atoms with Crippen LogP contribution in [0.1, 0.15) is 34.5 Å². The van der Waals surface area contributed by atoms with Gasteiger partial charge >= 0.3 is 0 Å². The highest BCUT2D eigenvalue weighted by molar-refractivity contribution is 6.31. The van der Waals surface area contributed by atoms with Crippen molar-refractivity contribution in [2.24, 2.45) is 0 Å². The minimum absolute atomic E-state index is 0.156. The Bertz CT molecular complexity index is 1580. The van der Waals surface area contributed by atoms with E-state index in [0.29, 0.717) is 21.4 Å². The van der Waals surface area contributed by atoms with Crippen LogP contribution in [0.4, 0.5) is 5.69 Å². The molecule has 180 valence electrons. The highest BCUT2D eigenvalue weighted by atomic mass is 35.5. The fourth-order valence-electron chi connectivity index (χ4n) is 5.21. The van der Waals surface area contributed by atoms with E-state index in [1.165, 1.54) is 11.1 Å². The number of hydrogen-bond acceptors (Lipinski definition) is 1. The molecule has 3 heterocycles. The molecule has 0 spiro atoms. The molecule has 6 heteroatoms. The van der Waals surface area contributed by atoms with E-state index in [1.54, 1.807) is 12.1 Å². The fraction of sp³-hybridized carbons (Fsp3) is 0.167. The van der Waals surface area contributed by atoms with E-state index in [9.17, 15) is 4.79 Å². The van der Waals surface area contributed by atoms with Gasteiger partial charge in [0, 0.05) is 39.6 Å². The van der Waals surface area contributed by atoms with Crippen LogP contribution < -0.4 is 5.32 Å². The van der Waals surface area contributed by atoms with Gasteiger partial charge in [0.15, 0.2) is 0 Å². The molecule has 1 aliphatic rings. The van der Waals surface area contributed by atoms with Crippen molar-refractivity contribution in [1.82, 2.24) is 8.97 Å². The van der Waals surface area contributed by atoms with Gasteiger partial charge in [-0.2, -0.15) is 0 Å². The highest BCUT2D eigenvalue weighted by Crippen LogP contribution is 2.40. The molecule has 36 heavy (non-hydrogen) atoms. The standard InChI is InChI=1S/C30H25Cl2N3O/c1-19-5-7-20(8-6-19)26-18-35-28(29(36)33-24-15-13-23(32)14-16-24)27(21-9-11-22(31)12-10-21)25-4-2-3-17-34(26)30(25)35/h5-16,18H,2-4,17H2,1H3,(H,33,36). The Morgan fingerprint density at radius 3 is 2.17 bits per heavy atom. The molecular formula is C30H25Cl2N3O. The summed E-state index contributed by atoms with van der Waals surface area (Å²) in [5.41, 5.74) is 9.08. The SMILES string of the molecule is Cc1ccc(-c2cn3c(C(=O)Nc4ccc(Cl)cc4)c(-c4ccc(Cl)cc4)c4c3n2CCCC4)cc1. The van der Waals surface area contributed by atoms with E-state index in [0.717, 1.165) is 53.8 Å². The van der Waals surface area contributed by atoms with Crippen LogP contribution in [-0.4, -0.2) is 14.9 Å². The van der Waals surface area contributed by atoms with Gasteiger partial charge < -0.3 is 9.88 Å². The third-order valence-corrected chi connectivity index (χ3v) is 7.44. The largest absolute Gasteiger partial charge is 0.325 e. The molecule has 1 N–H and O–H groups in total. The van der Waals surface area contributed by atoms with Gasteiger partial charge in [-0.25, -0.2) is 0 Å². The summed E-state index contributed by atoms with van der Waals surface area (Å²) in [5, 5.41) is 4.40. The van der Waals surface area contributed by atoms with Crippen LogP contribution in [0.15, 0.2) is 79.0 Å². The van der Waals surface area contributed by atoms with Gasteiger partial charge in [0.2, 0.25) is 0 Å². The second-order valence-electron chi connectivity index (χ2n) is 9.35. The molecular weight excluding hydrogens is 489 g/mol. The van der Waals surface area contributed by atoms with Crippen LogP contribution in [0.2, 0.25) is 10.0 Å². The normalized spacial score (nSPS) is 13.1. The molecule has 0 radical (unpaired) electrons. The Morgan fingerprint density at radius 1 is 0.833 bits per heavy atom. The zero-order valence-corrected chi connectivity index (χ0v) is 21.4. The monoisotopic (exact) mass is 513 g/mol. The van der Waals surface area contributed by atoms with Crippen molar-refractivity contribution < 1.29 is 4.79 Å². The number of hydrogen-bond donors (Lipinski definition) is 1. The van der Waals surface area contributed by atoms with Gasteiger partial charge in [-0.15, -0.1) is 0 Å². The van der Waals surface area contributed by atoms with Gasteiger partial charge in [-0.1, -0.05) is 65.2 Å². The van der Waals surface area contributed by atoms with Crippen molar-refractivity contribution in [3.8, 4) is 22.4 Å². The summed E-state index contributed by atoms with van der Waals surface area (Å²) < 4.78 is 4.47. The van der Waals surface area contributed by atoms with E-state index in [1.807, 2.05) is 36.4 Å². The zero-order chi connectivity index (χ0) is 24.8. The number of amides is 1. The Hall–Kier alpha value is -3.47. The summed E-state index contributed by atoms with van der Waals surface area (Å²) in [6.07, 6.45) is 5.18. The maximum atomic E-state index is 13.9. The molecule has 2 aromatic heterocycles. The van der Waals surface area contributed by atoms with Crippen molar-refractivity contribution in [3.63, 3.8) is 0 Å². The Morgan fingerprint density at radius 2 is 1.47 bits per heavy atom. The molecule has 0 fully saturated rings. The Balaban J connectivity index is 1.60. The summed E-state index contributed by atoms with van der Waals surface area (Å²) in [6, 6.07) is 23.6. The van der Waals surface area contributed by atoms with Gasteiger partial charge in [-0.05, 0) is 73.7 Å². The van der Waals surface area contributed by atoms with Crippen LogP contribution >= 0.6 is 23.2 Å². The highest BCUT2D eigenvalue weighted by Gasteiger charge is 2.29. The van der Waals surface area contributed by atoms with Gasteiger partial charge in [0.05, 0.1) is 5.69 Å². The topological polar surface area (TPSA) is 38.4 Å². The Labute approximate surface area is 220 Å². The maximum Gasteiger partial charge on any atom is 0.273 e. The number of benzene rings is 3. The molecule has 0 unspecified atom stereocenters. The number of aryl methyl sites for hydroxylation is 3. The van der Waals surface area contributed by atoms with Crippen LogP contribution in [-0.2, 0) is 13.0 Å². The lowest BCUT2D eigenvalue weighted by atomic mass is 9.97. The first-order chi connectivity index (χ1) is 17.5. The van der Waals surface area contributed by atoms with Gasteiger partial charge in [0.1, 0.15) is 11.3 Å². The first-order valence-corrected chi connectivity index (χ1v) is 12.9. The maximum absolute atomic E-state index is 13.9. The number of aromatic nitrogens is 2. The van der Waals surface area contributed by atoms with E-state index in [4.69, 9.17) is 23.2 Å². The minimum Gasteiger partial charge on any atom is -0.325 e. The first kappa shape index (κ1) is 23.0. The number of halogens is 2. The van der Waals surface area contributed by atoms with Crippen LogP contribution in [0, 0.1) is 6.92 Å². The molecule has 0 aliphatic carbocycles. The molecule has 0 atom stereocenters. The number of nitrogens with one attached hydrogen (secondary N) is 1. The third-order valence-electron chi connectivity index (χ3n) is 6.93. The smallest absolute Gasteiger partial charge is 0.273 e. The lowest BCUT2D eigenvalue weighted by Crippen LogP contribution is -2.15. The Kier molecular flexibility index (Phi) is 5.87. The van der Waals surface area contributed by atoms with Crippen LogP contribution in [0.25, 0.3) is 28.0 Å². The van der Waals surface area contributed by atoms with Gasteiger partial charge in [-0.3, -0.25) is 9.20 Å². The second-order valence-corrected chi connectivity index (χ2v) is 10.2. The number of rotatable bonds is 4. The van der Waals surface area contributed by atoms with Crippen molar-refractivity contribution >= 4 is 40.4 Å². The lowest BCUT2D eigenvalue weighted by molar-refractivity contribution is 0.102. The molecule has 1 amide bonds. The summed E-state index contributed by atoms with van der Waals surface area (Å²) in [4.78, 5) is 13.9. The number of carbonyl (C=O) groups is 1. The first-order valence-electron chi connectivity index (χ1n) is 12.2. The van der Waals surface area contributed by atoms with E-state index in [2.05, 4.69) is 51.7 Å². The van der Waals surface area contributed by atoms with Crippen molar-refractivity contribution in [2.75, 3.05) is 5.32 Å². The van der Waals surface area contributed by atoms with Crippen molar-refractivity contribution in [3.05, 3.63) is 106 Å². The number of anilines is 1. The fourth-order valence-corrected chi connectivity index (χ4v) is 5.47. The van der Waals surface area contributed by atoms with E-state index < -0.39 is 0 Å². The molecule has 4 nitrogen and oxygen atoms in total. The zero-order valence-electron chi connectivity index (χ0n) is 19.9. The number of nitrogens with zero attached hydrogens (tertiary/aromatic N) is 2. The van der Waals surface area contributed by atoms with E-state index >= 15 is 0 Å². The molecule has 0 saturated carbocycles. The second kappa shape index (κ2) is 9.20. The number of carbonyl (C=O) groups excluding carboxylic acids is 1. The average Bonchev–Trinajstić information content (AvgIpc) is 3.29. The minimum atomic E-state index is -0.156. The van der Waals surface area contributed by atoms with E-state index in [-0.39, 0.29) is 5.91 Å². The molecule has 1 aliphatic heterocycles. The summed E-state index contributed by atoms with van der Waals surface area (Å²) in [6.45, 7) is 3.01. The summed E-state index contributed by atoms with van der Waals surface area (Å²) in [5.74, 6) is -0.156. The molecule has 5 aromatic rings. The van der Waals surface area contributed by atoms with Crippen molar-refractivity contribution in [2.45, 2.75) is 32.7 Å². The third kappa shape index (κ3) is 4.01. The van der Waals surface area contributed by atoms with Crippen LogP contribution in [0.3, 0.4) is 0 Å². The average molecular weight is 514 g/mol. The number of imidazole rings is 1. The van der Waals surface area contributed by atoms with Crippen LogP contribution in [0.5, 0.6) is 0 Å². The van der Waals surface area contributed by atoms with Gasteiger partial charge in [0.25, 0.3) is 5.91 Å². The lowest BCUT2D eigenvalue weighted by Gasteiger charge is -2.10. The summed E-state index contributed by atoms with van der Waals surface area (Å²) in [7, 11) is 0. The predicted octanol–water partition coefficient (Wildman–Crippen LogP) is 8.28. The predicted molar refractivity (Wildman–Crippen MR) is 148 cm³/mol. The van der Waals surface area contributed by atoms with Crippen molar-refractivity contribution in [1.29, 1.82) is 0 Å². The molecule has 0 saturated heterocycles. The molecule has 3 aromatic carbocycles. The summed E-state index contributed by atoms with van der Waals surface area (Å²) >= 11 is 12.3. The molecule has 0 bridgehead atoms.